The van der Waals surface area contributed by atoms with E-state index in [1.165, 1.54) is 5.56 Å². The van der Waals surface area contributed by atoms with Gasteiger partial charge in [-0.25, -0.2) is 4.79 Å². The first-order chi connectivity index (χ1) is 14.4. The maximum atomic E-state index is 12.3. The number of esters is 2. The molecule has 0 aliphatic heterocycles. The quantitative estimate of drug-likeness (QED) is 0.707. The van der Waals surface area contributed by atoms with E-state index in [0.717, 1.165) is 30.5 Å². The summed E-state index contributed by atoms with van der Waals surface area (Å²) in [4.78, 5) is 36.6. The van der Waals surface area contributed by atoms with Crippen LogP contribution in [0.15, 0.2) is 30.3 Å². The normalized spacial score (nSPS) is 15.2. The van der Waals surface area contributed by atoms with Gasteiger partial charge in [0, 0.05) is 11.4 Å². The minimum Gasteiger partial charge on any atom is -0.462 e. The molecular formula is C23H28N2O5. The van der Waals surface area contributed by atoms with Crippen molar-refractivity contribution in [3.63, 3.8) is 0 Å². The number of hydrogen-bond acceptors (Lipinski definition) is 5. The molecule has 1 N–H and O–H groups in total. The molecule has 0 unspecified atom stereocenters. The van der Waals surface area contributed by atoms with Crippen molar-refractivity contribution in [2.45, 2.75) is 52.6 Å². The van der Waals surface area contributed by atoms with Crippen molar-refractivity contribution >= 4 is 17.8 Å². The van der Waals surface area contributed by atoms with E-state index in [1.54, 1.807) is 31.4 Å². The Labute approximate surface area is 176 Å². The second-order valence-electron chi connectivity index (χ2n) is 7.46. The average molecular weight is 412 g/mol. The molecule has 1 aromatic carbocycles. The molecule has 0 bridgehead atoms. The van der Waals surface area contributed by atoms with E-state index in [1.807, 2.05) is 18.2 Å². The van der Waals surface area contributed by atoms with Gasteiger partial charge in [0.15, 0.2) is 6.61 Å². The van der Waals surface area contributed by atoms with Crippen molar-refractivity contribution in [3.05, 3.63) is 58.4 Å². The number of nitrogens with zero attached hydrogens (tertiary/aromatic N) is 1. The molecule has 160 valence electrons. The summed E-state index contributed by atoms with van der Waals surface area (Å²) in [7, 11) is 0. The molecule has 1 heterocycles. The summed E-state index contributed by atoms with van der Waals surface area (Å²) in [6, 6.07) is 9.72. The SMILES string of the molecule is CCOC(=O)c1cc(C)n(CC(=O)OCC(=O)N[C@H]2CCCc3ccccc32)c1C. The third-order valence-corrected chi connectivity index (χ3v) is 5.43. The van der Waals surface area contributed by atoms with Gasteiger partial charge in [0.05, 0.1) is 18.2 Å². The number of hydrogen-bond donors (Lipinski definition) is 1. The molecule has 0 saturated heterocycles. The van der Waals surface area contributed by atoms with Crippen molar-refractivity contribution in [2.75, 3.05) is 13.2 Å². The molecule has 0 fully saturated rings. The highest BCUT2D eigenvalue weighted by Crippen LogP contribution is 2.29. The van der Waals surface area contributed by atoms with Gasteiger partial charge >= 0.3 is 11.9 Å². The van der Waals surface area contributed by atoms with Crippen molar-refractivity contribution in [1.82, 2.24) is 9.88 Å². The Balaban J connectivity index is 1.54. The molecule has 0 radical (unpaired) electrons. The van der Waals surface area contributed by atoms with Crippen LogP contribution >= 0.6 is 0 Å². The number of aromatic nitrogens is 1. The average Bonchev–Trinajstić information content (AvgIpc) is 3.01. The molecule has 0 saturated carbocycles. The van der Waals surface area contributed by atoms with Crippen molar-refractivity contribution < 1.29 is 23.9 Å². The Morgan fingerprint density at radius 3 is 2.70 bits per heavy atom. The first-order valence-corrected chi connectivity index (χ1v) is 10.3. The predicted molar refractivity (Wildman–Crippen MR) is 111 cm³/mol. The van der Waals surface area contributed by atoms with E-state index in [0.29, 0.717) is 11.3 Å². The predicted octanol–water partition coefficient (Wildman–Crippen LogP) is 3.02. The molecule has 7 heteroatoms. The summed E-state index contributed by atoms with van der Waals surface area (Å²) in [5.74, 6) is -1.28. The molecule has 1 amide bonds. The Morgan fingerprint density at radius 1 is 1.17 bits per heavy atom. The number of fused-ring (bicyclic) bond motifs is 1. The summed E-state index contributed by atoms with van der Waals surface area (Å²) in [6.07, 6.45) is 2.90. The number of rotatable bonds is 7. The first-order valence-electron chi connectivity index (χ1n) is 10.3. The van der Waals surface area contributed by atoms with E-state index >= 15 is 0 Å². The lowest BCUT2D eigenvalue weighted by atomic mass is 9.88. The molecule has 2 aromatic rings. The number of ether oxygens (including phenoxy) is 2. The van der Waals surface area contributed by atoms with Crippen LogP contribution in [-0.4, -0.2) is 35.6 Å². The summed E-state index contributed by atoms with van der Waals surface area (Å²) in [5.41, 5.74) is 4.19. The van der Waals surface area contributed by atoms with E-state index in [4.69, 9.17) is 9.47 Å². The number of carbonyl (C=O) groups excluding carboxylic acids is 3. The zero-order chi connectivity index (χ0) is 21.7. The fourth-order valence-corrected chi connectivity index (χ4v) is 3.92. The largest absolute Gasteiger partial charge is 0.462 e. The Bertz CT molecular complexity index is 947. The molecule has 30 heavy (non-hydrogen) atoms. The highest BCUT2D eigenvalue weighted by Gasteiger charge is 2.22. The van der Waals surface area contributed by atoms with Gasteiger partial charge in [-0.15, -0.1) is 0 Å². The van der Waals surface area contributed by atoms with Gasteiger partial charge in [0.2, 0.25) is 0 Å². The summed E-state index contributed by atoms with van der Waals surface area (Å²) in [5, 5.41) is 2.97. The lowest BCUT2D eigenvalue weighted by Gasteiger charge is -2.26. The third-order valence-electron chi connectivity index (χ3n) is 5.43. The van der Waals surface area contributed by atoms with Crippen molar-refractivity contribution in [2.24, 2.45) is 0 Å². The second-order valence-corrected chi connectivity index (χ2v) is 7.46. The first kappa shape index (κ1) is 21.6. The molecule has 0 spiro atoms. The van der Waals surface area contributed by atoms with Gasteiger partial charge in [-0.3, -0.25) is 9.59 Å². The van der Waals surface area contributed by atoms with Crippen LogP contribution in [0.25, 0.3) is 0 Å². The number of benzene rings is 1. The Hall–Kier alpha value is -3.09. The topological polar surface area (TPSA) is 86.6 Å². The highest BCUT2D eigenvalue weighted by atomic mass is 16.5. The lowest BCUT2D eigenvalue weighted by molar-refractivity contribution is -0.149. The minimum absolute atomic E-state index is 0.0535. The number of aryl methyl sites for hydroxylation is 2. The summed E-state index contributed by atoms with van der Waals surface area (Å²) >= 11 is 0. The fraction of sp³-hybridized carbons (Fsp3) is 0.435. The summed E-state index contributed by atoms with van der Waals surface area (Å²) in [6.45, 7) is 5.17. The fourth-order valence-electron chi connectivity index (χ4n) is 3.92. The van der Waals surface area contributed by atoms with E-state index in [-0.39, 0.29) is 31.7 Å². The van der Waals surface area contributed by atoms with Crippen LogP contribution in [0, 0.1) is 13.8 Å². The lowest BCUT2D eigenvalue weighted by Crippen LogP contribution is -2.34. The zero-order valence-corrected chi connectivity index (χ0v) is 17.7. The van der Waals surface area contributed by atoms with Gasteiger partial charge in [0.25, 0.3) is 5.91 Å². The van der Waals surface area contributed by atoms with Gasteiger partial charge in [-0.1, -0.05) is 24.3 Å². The van der Waals surface area contributed by atoms with Crippen LogP contribution in [0.4, 0.5) is 0 Å². The molecule has 1 aromatic heterocycles. The van der Waals surface area contributed by atoms with Gasteiger partial charge in [-0.2, -0.15) is 0 Å². The van der Waals surface area contributed by atoms with E-state index in [2.05, 4.69) is 11.4 Å². The van der Waals surface area contributed by atoms with Crippen LogP contribution in [-0.2, 0) is 32.0 Å². The smallest absolute Gasteiger partial charge is 0.339 e. The Kier molecular flexibility index (Phi) is 6.92. The Morgan fingerprint density at radius 2 is 1.93 bits per heavy atom. The molecule has 1 atom stereocenters. The van der Waals surface area contributed by atoms with E-state index < -0.39 is 11.9 Å². The maximum absolute atomic E-state index is 12.3. The van der Waals surface area contributed by atoms with Crippen LogP contribution < -0.4 is 5.32 Å². The van der Waals surface area contributed by atoms with Crippen LogP contribution in [0.5, 0.6) is 0 Å². The monoisotopic (exact) mass is 412 g/mol. The molecule has 1 aliphatic rings. The second kappa shape index (κ2) is 9.61. The molecular weight excluding hydrogens is 384 g/mol. The van der Waals surface area contributed by atoms with Crippen molar-refractivity contribution in [3.8, 4) is 0 Å². The molecule has 3 rings (SSSR count). The van der Waals surface area contributed by atoms with Gasteiger partial charge < -0.3 is 19.4 Å². The van der Waals surface area contributed by atoms with E-state index in [9.17, 15) is 14.4 Å². The minimum atomic E-state index is -0.536. The standard InChI is InChI=1S/C23H28N2O5/c1-4-29-23(28)19-12-15(2)25(16(19)3)13-22(27)30-14-21(26)24-20-11-7-9-17-8-5-6-10-18(17)20/h5-6,8,10,12,20H,4,7,9,11,13-14H2,1-3H3,(H,24,26)/t20-/m0/s1. The number of carbonyl (C=O) groups is 3. The maximum Gasteiger partial charge on any atom is 0.339 e. The van der Waals surface area contributed by atoms with Crippen LogP contribution in [0.2, 0.25) is 0 Å². The molecule has 7 nitrogen and oxygen atoms in total. The summed E-state index contributed by atoms with van der Waals surface area (Å²) < 4.78 is 11.9. The highest BCUT2D eigenvalue weighted by molar-refractivity contribution is 5.91. The zero-order valence-electron chi connectivity index (χ0n) is 17.7. The van der Waals surface area contributed by atoms with Crippen LogP contribution in [0.1, 0.15) is 58.7 Å². The van der Waals surface area contributed by atoms with Crippen molar-refractivity contribution in [1.29, 1.82) is 0 Å². The van der Waals surface area contributed by atoms with Gasteiger partial charge in [0.1, 0.15) is 6.54 Å². The number of nitrogens with one attached hydrogen (secondary N) is 1. The van der Waals surface area contributed by atoms with Gasteiger partial charge in [-0.05, 0) is 57.2 Å². The van der Waals surface area contributed by atoms with Crippen LogP contribution in [0.3, 0.4) is 0 Å². The third kappa shape index (κ3) is 4.90. The number of amides is 1. The molecule has 1 aliphatic carbocycles.